The van der Waals surface area contributed by atoms with Gasteiger partial charge in [-0.3, -0.25) is 0 Å². The molecule has 0 unspecified atom stereocenters. The Morgan fingerprint density at radius 1 is 1.62 bits per heavy atom. The van der Waals surface area contributed by atoms with Crippen LogP contribution in [0.25, 0.3) is 0 Å². The zero-order chi connectivity index (χ0) is 12.0. The molecule has 2 N–H and O–H groups in total. The van der Waals surface area contributed by atoms with Gasteiger partial charge in [0.15, 0.2) is 0 Å². The molecule has 0 bridgehead atoms. The SMILES string of the molecule is CCCCSc1cc(C(=O)OC)c(N)cn1. The van der Waals surface area contributed by atoms with E-state index < -0.39 is 5.97 Å². The first-order valence-corrected chi connectivity index (χ1v) is 6.14. The van der Waals surface area contributed by atoms with Gasteiger partial charge in [-0.1, -0.05) is 13.3 Å². The predicted octanol–water partition coefficient (Wildman–Crippen LogP) is 2.34. The summed E-state index contributed by atoms with van der Waals surface area (Å²) < 4.78 is 4.64. The van der Waals surface area contributed by atoms with Crippen LogP contribution in [-0.4, -0.2) is 23.8 Å². The number of ether oxygens (including phenoxy) is 1. The first-order chi connectivity index (χ1) is 7.69. The van der Waals surface area contributed by atoms with Gasteiger partial charge in [-0.25, -0.2) is 9.78 Å². The highest BCUT2D eigenvalue weighted by Gasteiger charge is 2.11. The fourth-order valence-corrected chi connectivity index (χ4v) is 2.10. The van der Waals surface area contributed by atoms with Crippen molar-refractivity contribution in [3.05, 3.63) is 17.8 Å². The number of thioether (sulfide) groups is 1. The second-order valence-corrected chi connectivity index (χ2v) is 4.42. The van der Waals surface area contributed by atoms with Gasteiger partial charge < -0.3 is 10.5 Å². The molecule has 0 aliphatic carbocycles. The number of unbranched alkanes of at least 4 members (excludes halogenated alkanes) is 1. The van der Waals surface area contributed by atoms with Crippen LogP contribution in [0.2, 0.25) is 0 Å². The van der Waals surface area contributed by atoms with Gasteiger partial charge in [0.1, 0.15) is 0 Å². The Balaban J connectivity index is 2.77. The molecule has 1 aromatic heterocycles. The van der Waals surface area contributed by atoms with Crippen molar-refractivity contribution >= 4 is 23.4 Å². The Labute approximate surface area is 99.6 Å². The van der Waals surface area contributed by atoms with Crippen LogP contribution < -0.4 is 5.73 Å². The summed E-state index contributed by atoms with van der Waals surface area (Å²) in [5, 5.41) is 0.808. The molecule has 0 spiro atoms. The number of methoxy groups -OCH3 is 1. The monoisotopic (exact) mass is 240 g/mol. The van der Waals surface area contributed by atoms with E-state index in [4.69, 9.17) is 5.73 Å². The standard InChI is InChI=1S/C11H16N2O2S/c1-3-4-5-16-10-6-8(11(14)15-2)9(12)7-13-10/h6-7H,3-5,12H2,1-2H3. The molecule has 1 rings (SSSR count). The lowest BCUT2D eigenvalue weighted by atomic mass is 10.2. The second-order valence-electron chi connectivity index (χ2n) is 3.30. The number of anilines is 1. The second kappa shape index (κ2) is 6.37. The first kappa shape index (κ1) is 12.8. The minimum absolute atomic E-state index is 0.353. The van der Waals surface area contributed by atoms with Crippen LogP contribution in [0.4, 0.5) is 5.69 Å². The van der Waals surface area contributed by atoms with Crippen molar-refractivity contribution in [1.82, 2.24) is 4.98 Å². The molecule has 0 aliphatic rings. The smallest absolute Gasteiger partial charge is 0.340 e. The third-order valence-corrected chi connectivity index (χ3v) is 3.07. The van der Waals surface area contributed by atoms with Gasteiger partial charge in [-0.2, -0.15) is 0 Å². The minimum atomic E-state index is -0.419. The van der Waals surface area contributed by atoms with Gasteiger partial charge in [-0.05, 0) is 18.2 Å². The van der Waals surface area contributed by atoms with Gasteiger partial charge in [-0.15, -0.1) is 11.8 Å². The topological polar surface area (TPSA) is 65.2 Å². The summed E-state index contributed by atoms with van der Waals surface area (Å²) in [4.78, 5) is 15.5. The molecule has 0 atom stereocenters. The Bertz CT molecular complexity index is 369. The Kier molecular flexibility index (Phi) is 5.11. The number of pyridine rings is 1. The third-order valence-electron chi connectivity index (χ3n) is 2.06. The Morgan fingerprint density at radius 3 is 3.00 bits per heavy atom. The molecule has 0 saturated heterocycles. The van der Waals surface area contributed by atoms with Gasteiger partial charge in [0.05, 0.1) is 29.6 Å². The average Bonchev–Trinajstić information content (AvgIpc) is 2.30. The molecule has 0 fully saturated rings. The maximum atomic E-state index is 11.4. The van der Waals surface area contributed by atoms with Crippen LogP contribution in [0.15, 0.2) is 17.3 Å². The van der Waals surface area contributed by atoms with E-state index in [-0.39, 0.29) is 0 Å². The van der Waals surface area contributed by atoms with Crippen LogP contribution in [0.5, 0.6) is 0 Å². The highest BCUT2D eigenvalue weighted by atomic mass is 32.2. The van der Waals surface area contributed by atoms with Crippen LogP contribution in [0.3, 0.4) is 0 Å². The highest BCUT2D eigenvalue weighted by Crippen LogP contribution is 2.21. The number of nitrogens with zero attached hydrogens (tertiary/aromatic N) is 1. The van der Waals surface area contributed by atoms with Crippen molar-refractivity contribution in [3.63, 3.8) is 0 Å². The average molecular weight is 240 g/mol. The van der Waals surface area contributed by atoms with E-state index in [9.17, 15) is 4.79 Å². The largest absolute Gasteiger partial charge is 0.465 e. The molecule has 88 valence electrons. The lowest BCUT2D eigenvalue weighted by Crippen LogP contribution is -2.06. The summed E-state index contributed by atoms with van der Waals surface area (Å²) in [6.45, 7) is 2.14. The normalized spacial score (nSPS) is 10.1. The van der Waals surface area contributed by atoms with Crippen LogP contribution in [0.1, 0.15) is 30.1 Å². The predicted molar refractivity (Wildman–Crippen MR) is 65.6 cm³/mol. The summed E-state index contributed by atoms with van der Waals surface area (Å²) in [6, 6.07) is 1.68. The van der Waals surface area contributed by atoms with E-state index >= 15 is 0 Å². The number of esters is 1. The van der Waals surface area contributed by atoms with Gasteiger partial charge in [0.25, 0.3) is 0 Å². The molecule has 0 amide bonds. The lowest BCUT2D eigenvalue weighted by molar-refractivity contribution is 0.0601. The van der Waals surface area contributed by atoms with Crippen LogP contribution in [-0.2, 0) is 4.74 Å². The van der Waals surface area contributed by atoms with Crippen molar-refractivity contribution in [2.24, 2.45) is 0 Å². The maximum Gasteiger partial charge on any atom is 0.340 e. The summed E-state index contributed by atoms with van der Waals surface area (Å²) in [7, 11) is 1.34. The van der Waals surface area contributed by atoms with Gasteiger partial charge in [0.2, 0.25) is 0 Å². The van der Waals surface area contributed by atoms with E-state index in [0.717, 1.165) is 23.6 Å². The van der Waals surface area contributed by atoms with E-state index in [1.165, 1.54) is 13.3 Å². The number of aromatic nitrogens is 1. The summed E-state index contributed by atoms with van der Waals surface area (Å²) in [5.41, 5.74) is 6.39. The van der Waals surface area contributed by atoms with Gasteiger partial charge in [0, 0.05) is 0 Å². The van der Waals surface area contributed by atoms with E-state index in [2.05, 4.69) is 16.6 Å². The molecule has 0 saturated carbocycles. The number of hydrogen-bond acceptors (Lipinski definition) is 5. The van der Waals surface area contributed by atoms with Crippen molar-refractivity contribution in [1.29, 1.82) is 0 Å². The minimum Gasteiger partial charge on any atom is -0.465 e. The molecule has 0 aliphatic heterocycles. The Hall–Kier alpha value is -1.23. The number of nitrogen functional groups attached to an aromatic ring is 1. The zero-order valence-corrected chi connectivity index (χ0v) is 10.3. The number of nitrogens with two attached hydrogens (primary N) is 1. The number of rotatable bonds is 5. The van der Waals surface area contributed by atoms with Crippen molar-refractivity contribution in [2.45, 2.75) is 24.8 Å². The third kappa shape index (κ3) is 3.41. The summed E-state index contributed by atoms with van der Waals surface area (Å²) >= 11 is 1.62. The van der Waals surface area contributed by atoms with Crippen molar-refractivity contribution in [2.75, 3.05) is 18.6 Å². The quantitative estimate of drug-likeness (QED) is 0.486. The van der Waals surface area contributed by atoms with Crippen molar-refractivity contribution < 1.29 is 9.53 Å². The fourth-order valence-electron chi connectivity index (χ4n) is 1.13. The maximum absolute atomic E-state index is 11.4. The van der Waals surface area contributed by atoms with E-state index in [0.29, 0.717) is 11.3 Å². The van der Waals surface area contributed by atoms with Gasteiger partial charge >= 0.3 is 5.97 Å². The number of hydrogen-bond donors (Lipinski definition) is 1. The van der Waals surface area contributed by atoms with E-state index in [1.54, 1.807) is 17.8 Å². The molecule has 4 nitrogen and oxygen atoms in total. The summed E-state index contributed by atoms with van der Waals surface area (Å²) in [5.74, 6) is 0.575. The molecule has 16 heavy (non-hydrogen) atoms. The fraction of sp³-hybridized carbons (Fsp3) is 0.455. The molecule has 5 heteroatoms. The zero-order valence-electron chi connectivity index (χ0n) is 9.53. The highest BCUT2D eigenvalue weighted by molar-refractivity contribution is 7.99. The van der Waals surface area contributed by atoms with Crippen molar-refractivity contribution in [3.8, 4) is 0 Å². The Morgan fingerprint density at radius 2 is 2.38 bits per heavy atom. The molecule has 0 radical (unpaired) electrons. The number of carbonyl (C=O) groups is 1. The molecule has 1 heterocycles. The molecule has 1 aromatic rings. The number of carbonyl (C=O) groups excluding carboxylic acids is 1. The lowest BCUT2D eigenvalue weighted by Gasteiger charge is -2.05. The van der Waals surface area contributed by atoms with Crippen LogP contribution in [0, 0.1) is 0 Å². The van der Waals surface area contributed by atoms with E-state index in [1.807, 2.05) is 0 Å². The summed E-state index contributed by atoms with van der Waals surface area (Å²) in [6.07, 6.45) is 3.77. The van der Waals surface area contributed by atoms with Crippen LogP contribution >= 0.6 is 11.8 Å². The molecular formula is C11H16N2O2S. The molecular weight excluding hydrogens is 224 g/mol. The first-order valence-electron chi connectivity index (χ1n) is 5.15. The molecule has 0 aromatic carbocycles.